The van der Waals surface area contributed by atoms with E-state index in [2.05, 4.69) is 16.7 Å². The fraction of sp³-hybridized carbons (Fsp3) is 0.609. The SMILES string of the molecule is CNCCCCCCCCSc1ccc(C=O)c(CN(C)C2CCC(=O)NC2=O)c1. The van der Waals surface area contributed by atoms with Crippen molar-refractivity contribution in [3.8, 4) is 0 Å². The van der Waals surface area contributed by atoms with Crippen molar-refractivity contribution < 1.29 is 14.4 Å². The van der Waals surface area contributed by atoms with Crippen molar-refractivity contribution in [1.29, 1.82) is 0 Å². The van der Waals surface area contributed by atoms with Gasteiger partial charge in [-0.1, -0.05) is 31.7 Å². The number of piperidine rings is 1. The number of rotatable bonds is 14. The van der Waals surface area contributed by atoms with Gasteiger partial charge in [-0.2, -0.15) is 0 Å². The van der Waals surface area contributed by atoms with Gasteiger partial charge < -0.3 is 5.32 Å². The molecule has 0 spiro atoms. The Morgan fingerprint density at radius 2 is 1.90 bits per heavy atom. The van der Waals surface area contributed by atoms with Gasteiger partial charge in [0, 0.05) is 23.4 Å². The van der Waals surface area contributed by atoms with E-state index in [1.54, 1.807) is 0 Å². The molecule has 1 atom stereocenters. The van der Waals surface area contributed by atoms with Gasteiger partial charge in [0.25, 0.3) is 0 Å². The van der Waals surface area contributed by atoms with Crippen LogP contribution in [-0.2, 0) is 16.1 Å². The van der Waals surface area contributed by atoms with Crippen LogP contribution >= 0.6 is 11.8 Å². The van der Waals surface area contributed by atoms with Gasteiger partial charge in [0.2, 0.25) is 11.8 Å². The van der Waals surface area contributed by atoms with Crippen molar-refractivity contribution in [3.05, 3.63) is 29.3 Å². The maximum atomic E-state index is 12.1. The second-order valence-corrected chi connectivity index (χ2v) is 9.10. The van der Waals surface area contributed by atoms with Gasteiger partial charge in [-0.25, -0.2) is 0 Å². The monoisotopic (exact) mass is 433 g/mol. The lowest BCUT2D eigenvalue weighted by molar-refractivity contribution is -0.137. The van der Waals surface area contributed by atoms with Crippen molar-refractivity contribution in [3.63, 3.8) is 0 Å². The molecule has 1 fully saturated rings. The molecule has 166 valence electrons. The van der Waals surface area contributed by atoms with Gasteiger partial charge in [-0.05, 0) is 63.4 Å². The quantitative estimate of drug-likeness (QED) is 0.203. The zero-order valence-corrected chi connectivity index (χ0v) is 19.1. The molecule has 2 rings (SSSR count). The molecule has 2 N–H and O–H groups in total. The largest absolute Gasteiger partial charge is 0.320 e. The Kier molecular flexibility index (Phi) is 11.1. The summed E-state index contributed by atoms with van der Waals surface area (Å²) in [5.41, 5.74) is 1.58. The van der Waals surface area contributed by atoms with Crippen LogP contribution in [0, 0.1) is 0 Å². The molecule has 6 nitrogen and oxygen atoms in total. The van der Waals surface area contributed by atoms with E-state index in [4.69, 9.17) is 0 Å². The van der Waals surface area contributed by atoms with E-state index < -0.39 is 0 Å². The summed E-state index contributed by atoms with van der Waals surface area (Å²) in [5.74, 6) is 0.604. The third-order valence-electron chi connectivity index (χ3n) is 5.49. The van der Waals surface area contributed by atoms with E-state index in [-0.39, 0.29) is 17.9 Å². The summed E-state index contributed by atoms with van der Waals surface area (Å²) in [6, 6.07) is 5.59. The molecule has 7 heteroatoms. The molecule has 1 unspecified atom stereocenters. The predicted molar refractivity (Wildman–Crippen MR) is 122 cm³/mol. The third kappa shape index (κ3) is 8.20. The summed E-state index contributed by atoms with van der Waals surface area (Å²) >= 11 is 1.82. The minimum absolute atomic E-state index is 0.213. The number of benzene rings is 1. The molecule has 1 aromatic carbocycles. The second kappa shape index (κ2) is 13.6. The van der Waals surface area contributed by atoms with E-state index in [1.807, 2.05) is 42.9 Å². The lowest BCUT2D eigenvalue weighted by Crippen LogP contribution is -2.51. The van der Waals surface area contributed by atoms with Gasteiger partial charge in [-0.15, -0.1) is 11.8 Å². The lowest BCUT2D eigenvalue weighted by Gasteiger charge is -2.30. The highest BCUT2D eigenvalue weighted by molar-refractivity contribution is 7.99. The molecule has 0 radical (unpaired) electrons. The van der Waals surface area contributed by atoms with Crippen LogP contribution in [0.15, 0.2) is 23.1 Å². The van der Waals surface area contributed by atoms with Crippen LogP contribution in [0.4, 0.5) is 0 Å². The Hall–Kier alpha value is -1.70. The number of carbonyl (C=O) groups excluding carboxylic acids is 3. The summed E-state index contributed by atoms with van der Waals surface area (Å²) in [7, 11) is 3.86. The number of nitrogens with one attached hydrogen (secondary N) is 2. The van der Waals surface area contributed by atoms with E-state index >= 15 is 0 Å². The van der Waals surface area contributed by atoms with E-state index in [1.165, 1.54) is 38.5 Å². The number of nitrogens with zero attached hydrogens (tertiary/aromatic N) is 1. The first kappa shape index (κ1) is 24.6. The van der Waals surface area contributed by atoms with Crippen LogP contribution < -0.4 is 10.6 Å². The standard InChI is InChI=1S/C23H35N3O3S/c1-24-13-7-5-3-4-6-8-14-30-20-10-9-18(17-27)19(15-20)16-26(2)21-11-12-22(28)25-23(21)29/h9-10,15,17,21,24H,3-8,11-14,16H2,1-2H3,(H,25,28,29). The van der Waals surface area contributed by atoms with E-state index in [0.29, 0.717) is 24.9 Å². The Labute approximate surface area is 184 Å². The van der Waals surface area contributed by atoms with Crippen molar-refractivity contribution in [2.75, 3.05) is 26.4 Å². The number of imide groups is 1. The normalized spacial score (nSPS) is 16.7. The molecule has 0 bridgehead atoms. The van der Waals surface area contributed by atoms with Gasteiger partial charge in [0.1, 0.15) is 6.29 Å². The first-order valence-corrected chi connectivity index (χ1v) is 11.9. The van der Waals surface area contributed by atoms with E-state index in [9.17, 15) is 14.4 Å². The van der Waals surface area contributed by atoms with Crippen LogP contribution in [0.1, 0.15) is 67.3 Å². The van der Waals surface area contributed by atoms with E-state index in [0.717, 1.165) is 29.0 Å². The highest BCUT2D eigenvalue weighted by atomic mass is 32.2. The van der Waals surface area contributed by atoms with Crippen LogP contribution in [0.5, 0.6) is 0 Å². The summed E-state index contributed by atoms with van der Waals surface area (Å²) in [5, 5.41) is 5.58. The molecule has 1 aliphatic heterocycles. The summed E-state index contributed by atoms with van der Waals surface area (Å²) < 4.78 is 0. The molecular weight excluding hydrogens is 398 g/mol. The predicted octanol–water partition coefficient (Wildman–Crippen LogP) is 3.39. The highest BCUT2D eigenvalue weighted by Crippen LogP contribution is 2.24. The maximum Gasteiger partial charge on any atom is 0.243 e. The minimum atomic E-state index is -0.341. The third-order valence-corrected chi connectivity index (χ3v) is 6.57. The molecule has 2 amide bonds. The smallest absolute Gasteiger partial charge is 0.243 e. The zero-order chi connectivity index (χ0) is 21.8. The number of carbonyl (C=O) groups is 3. The number of hydrogen-bond donors (Lipinski definition) is 2. The highest BCUT2D eigenvalue weighted by Gasteiger charge is 2.29. The molecule has 0 saturated carbocycles. The number of hydrogen-bond acceptors (Lipinski definition) is 6. The maximum absolute atomic E-state index is 12.1. The number of unbranched alkanes of at least 4 members (excludes halogenated alkanes) is 5. The molecule has 1 aliphatic rings. The fourth-order valence-corrected chi connectivity index (χ4v) is 4.68. The summed E-state index contributed by atoms with van der Waals surface area (Å²) in [4.78, 5) is 38.0. The van der Waals surface area contributed by atoms with Gasteiger partial charge in [0.05, 0.1) is 6.04 Å². The number of amides is 2. The minimum Gasteiger partial charge on any atom is -0.320 e. The topological polar surface area (TPSA) is 78.5 Å². The van der Waals surface area contributed by atoms with Crippen molar-refractivity contribution in [2.45, 2.75) is 68.8 Å². The number of aldehydes is 1. The van der Waals surface area contributed by atoms with Crippen molar-refractivity contribution in [1.82, 2.24) is 15.5 Å². The summed E-state index contributed by atoms with van der Waals surface area (Å²) in [6.07, 6.45) is 9.33. The van der Waals surface area contributed by atoms with Crippen molar-refractivity contribution in [2.24, 2.45) is 0 Å². The number of thioether (sulfide) groups is 1. The van der Waals surface area contributed by atoms with Crippen LogP contribution in [0.3, 0.4) is 0 Å². The number of likely N-dealkylation sites (N-methyl/N-ethyl adjacent to an activating group) is 1. The van der Waals surface area contributed by atoms with Crippen LogP contribution in [0.25, 0.3) is 0 Å². The fourth-order valence-electron chi connectivity index (χ4n) is 3.71. The van der Waals surface area contributed by atoms with Crippen LogP contribution in [-0.4, -0.2) is 55.4 Å². The van der Waals surface area contributed by atoms with Gasteiger partial charge in [-0.3, -0.25) is 24.6 Å². The first-order valence-electron chi connectivity index (χ1n) is 10.9. The van der Waals surface area contributed by atoms with Gasteiger partial charge in [0.15, 0.2) is 0 Å². The Balaban J connectivity index is 1.81. The Bertz CT molecular complexity index is 711. The first-order chi connectivity index (χ1) is 14.5. The average molecular weight is 434 g/mol. The summed E-state index contributed by atoms with van der Waals surface area (Å²) in [6.45, 7) is 1.61. The van der Waals surface area contributed by atoms with Crippen LogP contribution in [0.2, 0.25) is 0 Å². The zero-order valence-electron chi connectivity index (χ0n) is 18.2. The Morgan fingerprint density at radius 1 is 1.17 bits per heavy atom. The van der Waals surface area contributed by atoms with Gasteiger partial charge >= 0.3 is 0 Å². The van der Waals surface area contributed by atoms with Crippen molar-refractivity contribution >= 4 is 29.9 Å². The molecule has 1 aromatic rings. The second-order valence-electron chi connectivity index (χ2n) is 7.93. The molecular formula is C23H35N3O3S. The molecule has 30 heavy (non-hydrogen) atoms. The lowest BCUT2D eigenvalue weighted by atomic mass is 10.0. The molecule has 1 heterocycles. The Morgan fingerprint density at radius 3 is 2.60 bits per heavy atom. The molecule has 1 saturated heterocycles. The average Bonchev–Trinajstić information content (AvgIpc) is 2.72. The molecule has 0 aliphatic carbocycles. The molecule has 0 aromatic heterocycles.